The molecule has 0 radical (unpaired) electrons. The van der Waals surface area contributed by atoms with Gasteiger partial charge in [-0.3, -0.25) is 0 Å². The number of nitriles is 1. The number of esters is 1. The smallest absolute Gasteiger partial charge is 0.356 e. The Hall–Kier alpha value is -1.67. The second-order valence-electron chi connectivity index (χ2n) is 2.44. The van der Waals surface area contributed by atoms with E-state index in [4.69, 9.17) is 27.4 Å². The van der Waals surface area contributed by atoms with Crippen molar-refractivity contribution in [2.75, 3.05) is 12.4 Å². The van der Waals surface area contributed by atoms with Gasteiger partial charge >= 0.3 is 5.97 Å². The molecule has 1 rings (SSSR count). The van der Waals surface area contributed by atoms with Crippen molar-refractivity contribution in [2.45, 2.75) is 6.92 Å². The zero-order valence-corrected chi connectivity index (χ0v) is 8.21. The van der Waals surface area contributed by atoms with Crippen LogP contribution >= 0.6 is 11.6 Å². The van der Waals surface area contributed by atoms with Crippen LogP contribution in [0.3, 0.4) is 0 Å². The molecule has 74 valence electrons. The first kappa shape index (κ1) is 10.4. The molecule has 0 aliphatic carbocycles. The largest absolute Gasteiger partial charge is 0.461 e. The lowest BCUT2D eigenvalue weighted by atomic mass is 10.3. The van der Waals surface area contributed by atoms with Crippen LogP contribution in [-0.4, -0.2) is 17.3 Å². The summed E-state index contributed by atoms with van der Waals surface area (Å²) in [5.41, 5.74) is 0.214. The van der Waals surface area contributed by atoms with Crippen molar-refractivity contribution in [3.63, 3.8) is 0 Å². The van der Waals surface area contributed by atoms with E-state index < -0.39 is 5.97 Å². The molecule has 5 nitrogen and oxygen atoms in total. The van der Waals surface area contributed by atoms with Gasteiger partial charge in [0, 0.05) is 0 Å². The monoisotopic (exact) mass is 213 g/mol. The van der Waals surface area contributed by atoms with E-state index in [1.165, 1.54) is 6.07 Å². The van der Waals surface area contributed by atoms with Gasteiger partial charge < -0.3 is 10.6 Å². The van der Waals surface area contributed by atoms with Crippen LogP contribution in [-0.2, 0) is 4.74 Å². The maximum atomic E-state index is 11.3. The van der Waals surface area contributed by atoms with Crippen LogP contribution in [0.1, 0.15) is 23.0 Å². The molecule has 0 bridgehead atoms. The van der Waals surface area contributed by atoms with Crippen LogP contribution < -0.4 is 5.84 Å². The molecule has 0 amide bonds. The van der Waals surface area contributed by atoms with E-state index in [0.29, 0.717) is 0 Å². The van der Waals surface area contributed by atoms with E-state index in [2.05, 4.69) is 0 Å². The highest BCUT2D eigenvalue weighted by Gasteiger charge is 2.17. The van der Waals surface area contributed by atoms with Gasteiger partial charge in [0.15, 0.2) is 0 Å². The Labute approximate surface area is 85.6 Å². The number of aromatic nitrogens is 1. The fourth-order valence-corrected chi connectivity index (χ4v) is 1.13. The number of carbonyl (C=O) groups is 1. The van der Waals surface area contributed by atoms with Gasteiger partial charge in [-0.25, -0.2) is 9.47 Å². The van der Waals surface area contributed by atoms with Crippen molar-refractivity contribution >= 4 is 17.6 Å². The molecule has 1 heterocycles. The van der Waals surface area contributed by atoms with Crippen LogP contribution in [0, 0.1) is 11.3 Å². The van der Waals surface area contributed by atoms with Crippen LogP contribution in [0.25, 0.3) is 0 Å². The summed E-state index contributed by atoms with van der Waals surface area (Å²) < 4.78 is 5.64. The lowest BCUT2D eigenvalue weighted by Gasteiger charge is -2.02. The zero-order chi connectivity index (χ0) is 10.7. The summed E-state index contributed by atoms with van der Waals surface area (Å²) in [7, 11) is 0. The van der Waals surface area contributed by atoms with Gasteiger partial charge in [-0.1, -0.05) is 11.6 Å². The Morgan fingerprint density at radius 1 is 1.86 bits per heavy atom. The predicted octanol–water partition coefficient (Wildman–Crippen LogP) is 0.904. The summed E-state index contributed by atoms with van der Waals surface area (Å²) in [6, 6.07) is 3.10. The number of rotatable bonds is 2. The minimum absolute atomic E-state index is 0.0237. The predicted molar refractivity (Wildman–Crippen MR) is 50.3 cm³/mol. The summed E-state index contributed by atoms with van der Waals surface area (Å²) >= 11 is 5.67. The Kier molecular flexibility index (Phi) is 2.99. The fraction of sp³-hybridized carbons (Fsp3) is 0.250. The summed E-state index contributed by atoms with van der Waals surface area (Å²) in [5.74, 6) is 4.84. The van der Waals surface area contributed by atoms with Gasteiger partial charge in [-0.2, -0.15) is 5.26 Å². The maximum Gasteiger partial charge on any atom is 0.356 e. The van der Waals surface area contributed by atoms with E-state index in [-0.39, 0.29) is 23.0 Å². The Morgan fingerprint density at radius 2 is 2.50 bits per heavy atom. The van der Waals surface area contributed by atoms with Gasteiger partial charge in [-0.05, 0) is 13.0 Å². The van der Waals surface area contributed by atoms with Crippen LogP contribution in [0.15, 0.2) is 6.07 Å². The standard InChI is InChI=1S/C8H8ClN3O2/c1-2-14-8(13)6-3-5(4-10)7(9)12(6)11/h3H,2,11H2,1H3. The lowest BCUT2D eigenvalue weighted by Crippen LogP contribution is -2.18. The molecule has 1 aromatic heterocycles. The summed E-state index contributed by atoms with van der Waals surface area (Å²) in [6.45, 7) is 1.91. The number of nitrogen functional groups attached to an aromatic ring is 1. The minimum atomic E-state index is -0.599. The second kappa shape index (κ2) is 4.03. The summed E-state index contributed by atoms with van der Waals surface area (Å²) in [6.07, 6.45) is 0. The number of nitrogens with zero attached hydrogens (tertiary/aromatic N) is 2. The molecular weight excluding hydrogens is 206 g/mol. The van der Waals surface area contributed by atoms with Gasteiger partial charge in [0.1, 0.15) is 16.9 Å². The fourth-order valence-electron chi connectivity index (χ4n) is 0.942. The molecule has 0 fully saturated rings. The van der Waals surface area contributed by atoms with E-state index in [0.717, 1.165) is 4.68 Å². The molecule has 0 unspecified atom stereocenters. The maximum absolute atomic E-state index is 11.3. The van der Waals surface area contributed by atoms with Gasteiger partial charge in [0.25, 0.3) is 0 Å². The van der Waals surface area contributed by atoms with Gasteiger partial charge in [0.05, 0.1) is 12.2 Å². The van der Waals surface area contributed by atoms with E-state index >= 15 is 0 Å². The second-order valence-corrected chi connectivity index (χ2v) is 2.79. The molecule has 0 aliphatic rings. The number of nitrogens with two attached hydrogens (primary N) is 1. The Morgan fingerprint density at radius 3 is 2.93 bits per heavy atom. The van der Waals surface area contributed by atoms with Crippen molar-refractivity contribution < 1.29 is 9.53 Å². The summed E-state index contributed by atoms with van der Waals surface area (Å²) in [4.78, 5) is 11.3. The number of carbonyl (C=O) groups excluding carboxylic acids is 1. The van der Waals surface area contributed by atoms with Crippen LogP contribution in [0.5, 0.6) is 0 Å². The molecule has 0 spiro atoms. The Balaban J connectivity index is 3.12. The van der Waals surface area contributed by atoms with E-state index in [1.807, 2.05) is 6.07 Å². The molecule has 0 aromatic carbocycles. The molecule has 14 heavy (non-hydrogen) atoms. The molecule has 0 atom stereocenters. The number of hydrogen-bond acceptors (Lipinski definition) is 4. The highest BCUT2D eigenvalue weighted by atomic mass is 35.5. The van der Waals surface area contributed by atoms with Crippen molar-refractivity contribution in [3.8, 4) is 6.07 Å². The van der Waals surface area contributed by atoms with Gasteiger partial charge in [-0.15, -0.1) is 0 Å². The first-order valence-corrected chi connectivity index (χ1v) is 4.23. The molecule has 0 saturated carbocycles. The number of ether oxygens (including phenoxy) is 1. The molecule has 0 aliphatic heterocycles. The van der Waals surface area contributed by atoms with E-state index in [1.54, 1.807) is 6.92 Å². The highest BCUT2D eigenvalue weighted by molar-refractivity contribution is 6.31. The normalized spacial score (nSPS) is 9.50. The molecule has 0 saturated heterocycles. The third kappa shape index (κ3) is 1.65. The molecular formula is C8H8ClN3O2. The summed E-state index contributed by atoms with van der Waals surface area (Å²) in [5, 5.41) is 8.64. The average Bonchev–Trinajstić information content (AvgIpc) is 2.44. The van der Waals surface area contributed by atoms with Crippen molar-refractivity contribution in [3.05, 3.63) is 22.5 Å². The van der Waals surface area contributed by atoms with Crippen molar-refractivity contribution in [1.29, 1.82) is 5.26 Å². The number of halogens is 1. The van der Waals surface area contributed by atoms with Crippen LogP contribution in [0.4, 0.5) is 0 Å². The van der Waals surface area contributed by atoms with Crippen LogP contribution in [0.2, 0.25) is 5.15 Å². The first-order valence-electron chi connectivity index (χ1n) is 3.85. The molecule has 2 N–H and O–H groups in total. The third-order valence-electron chi connectivity index (χ3n) is 1.58. The minimum Gasteiger partial charge on any atom is -0.461 e. The van der Waals surface area contributed by atoms with Crippen molar-refractivity contribution in [1.82, 2.24) is 4.68 Å². The van der Waals surface area contributed by atoms with Gasteiger partial charge in [0.2, 0.25) is 0 Å². The SMILES string of the molecule is CCOC(=O)c1cc(C#N)c(Cl)n1N. The first-order chi connectivity index (χ1) is 6.61. The number of hydrogen-bond donors (Lipinski definition) is 1. The Bertz CT molecular complexity index is 405. The zero-order valence-electron chi connectivity index (χ0n) is 7.45. The van der Waals surface area contributed by atoms with E-state index in [9.17, 15) is 4.79 Å². The quantitative estimate of drug-likeness (QED) is 0.585. The lowest BCUT2D eigenvalue weighted by molar-refractivity contribution is 0.0516. The topological polar surface area (TPSA) is 81.0 Å². The molecule has 6 heteroatoms. The average molecular weight is 214 g/mol. The highest BCUT2D eigenvalue weighted by Crippen LogP contribution is 2.18. The third-order valence-corrected chi connectivity index (χ3v) is 1.97. The molecule has 1 aromatic rings. The van der Waals surface area contributed by atoms with Crippen molar-refractivity contribution in [2.24, 2.45) is 0 Å².